The van der Waals surface area contributed by atoms with Crippen LogP contribution in [-0.2, 0) is 0 Å². The molecule has 0 aliphatic rings. The zero-order valence-corrected chi connectivity index (χ0v) is 12.9. The van der Waals surface area contributed by atoms with Crippen molar-refractivity contribution in [2.45, 2.75) is 13.8 Å². The van der Waals surface area contributed by atoms with E-state index in [0.29, 0.717) is 17.9 Å². The van der Waals surface area contributed by atoms with E-state index in [1.165, 1.54) is 18.2 Å². The fraction of sp³-hybridized carbons (Fsp3) is 0.188. The number of hydrogen-bond acceptors (Lipinski definition) is 4. The Balaban J connectivity index is 2.38. The van der Waals surface area contributed by atoms with Crippen LogP contribution >= 0.6 is 11.6 Å². The van der Waals surface area contributed by atoms with Gasteiger partial charge in [-0.25, -0.2) is 0 Å². The van der Waals surface area contributed by atoms with Crippen LogP contribution in [0.2, 0.25) is 5.02 Å². The first-order valence-electron chi connectivity index (χ1n) is 6.66. The fourth-order valence-corrected chi connectivity index (χ4v) is 2.35. The van der Waals surface area contributed by atoms with E-state index in [4.69, 9.17) is 16.3 Å². The Labute approximate surface area is 132 Å². The molecule has 0 saturated heterocycles. The lowest BCUT2D eigenvalue weighted by Crippen LogP contribution is -2.05. The number of nitrogens with zero attached hydrogens (tertiary/aromatic N) is 1. The second kappa shape index (κ2) is 6.58. The highest BCUT2D eigenvalue weighted by atomic mass is 35.5. The molecule has 0 atom stereocenters. The van der Waals surface area contributed by atoms with Crippen LogP contribution in [0.15, 0.2) is 36.4 Å². The van der Waals surface area contributed by atoms with Crippen molar-refractivity contribution in [3.8, 4) is 5.75 Å². The summed E-state index contributed by atoms with van der Waals surface area (Å²) >= 11 is 6.00. The van der Waals surface area contributed by atoms with Crippen molar-refractivity contribution in [1.29, 1.82) is 0 Å². The number of non-ortho nitro benzene ring substituents is 1. The van der Waals surface area contributed by atoms with Gasteiger partial charge in [0.15, 0.2) is 5.78 Å². The second-order valence-corrected chi connectivity index (χ2v) is 5.07. The first kappa shape index (κ1) is 16.0. The summed E-state index contributed by atoms with van der Waals surface area (Å²) in [5.74, 6) is 0.409. The zero-order chi connectivity index (χ0) is 16.3. The van der Waals surface area contributed by atoms with Crippen LogP contribution in [-0.4, -0.2) is 17.3 Å². The Morgan fingerprint density at radius 1 is 1.23 bits per heavy atom. The number of rotatable bonds is 5. The average Bonchev–Trinajstić information content (AvgIpc) is 2.47. The van der Waals surface area contributed by atoms with Gasteiger partial charge in [-0.15, -0.1) is 0 Å². The number of aryl methyl sites for hydroxylation is 1. The van der Waals surface area contributed by atoms with E-state index < -0.39 is 4.92 Å². The third-order valence-corrected chi connectivity index (χ3v) is 3.47. The molecule has 0 N–H and O–H groups in total. The van der Waals surface area contributed by atoms with E-state index in [2.05, 4.69) is 0 Å². The van der Waals surface area contributed by atoms with Crippen molar-refractivity contribution in [3.63, 3.8) is 0 Å². The molecule has 2 rings (SSSR count). The van der Waals surface area contributed by atoms with Gasteiger partial charge in [-0.3, -0.25) is 14.9 Å². The molecule has 6 heteroatoms. The second-order valence-electron chi connectivity index (χ2n) is 4.66. The van der Waals surface area contributed by atoms with E-state index in [0.717, 1.165) is 5.56 Å². The lowest BCUT2D eigenvalue weighted by molar-refractivity contribution is -0.384. The third-order valence-electron chi connectivity index (χ3n) is 3.16. The van der Waals surface area contributed by atoms with Crippen LogP contribution in [0, 0.1) is 17.0 Å². The molecule has 0 aliphatic heterocycles. The lowest BCUT2D eigenvalue weighted by Gasteiger charge is -2.09. The van der Waals surface area contributed by atoms with E-state index >= 15 is 0 Å². The first-order valence-corrected chi connectivity index (χ1v) is 7.04. The van der Waals surface area contributed by atoms with Crippen molar-refractivity contribution in [1.82, 2.24) is 0 Å². The molecule has 22 heavy (non-hydrogen) atoms. The number of carbonyl (C=O) groups excluding carboxylic acids is 1. The highest BCUT2D eigenvalue weighted by molar-refractivity contribution is 6.35. The van der Waals surface area contributed by atoms with Gasteiger partial charge in [0.05, 0.1) is 16.6 Å². The molecule has 2 aromatic carbocycles. The third kappa shape index (κ3) is 3.26. The highest BCUT2D eigenvalue weighted by Gasteiger charge is 2.18. The quantitative estimate of drug-likeness (QED) is 0.471. The maximum Gasteiger partial charge on any atom is 0.270 e. The van der Waals surface area contributed by atoms with Crippen LogP contribution < -0.4 is 4.74 Å². The summed E-state index contributed by atoms with van der Waals surface area (Å²) in [4.78, 5) is 22.7. The monoisotopic (exact) mass is 319 g/mol. The molecule has 0 bridgehead atoms. The molecular weight excluding hydrogens is 306 g/mol. The molecule has 0 unspecified atom stereocenters. The Kier molecular flexibility index (Phi) is 4.78. The Morgan fingerprint density at radius 2 is 1.91 bits per heavy atom. The highest BCUT2D eigenvalue weighted by Crippen LogP contribution is 2.26. The molecular formula is C16H14ClNO4. The standard InChI is InChI=1S/C16H14ClNO4/c1-3-22-12-5-7-13(10(2)8-12)16(19)14-6-4-11(18(20)21)9-15(14)17/h4-9H,3H2,1-2H3. The van der Waals surface area contributed by atoms with E-state index in [9.17, 15) is 14.9 Å². The molecule has 0 heterocycles. The van der Waals surface area contributed by atoms with E-state index in [1.54, 1.807) is 25.1 Å². The van der Waals surface area contributed by atoms with Crippen molar-refractivity contribution < 1.29 is 14.5 Å². The van der Waals surface area contributed by atoms with E-state index in [-0.39, 0.29) is 22.1 Å². The van der Waals surface area contributed by atoms with Gasteiger partial charge >= 0.3 is 0 Å². The predicted molar refractivity (Wildman–Crippen MR) is 83.9 cm³/mol. The molecule has 0 saturated carbocycles. The fourth-order valence-electron chi connectivity index (χ4n) is 2.09. The topological polar surface area (TPSA) is 69.4 Å². The number of halogens is 1. The largest absolute Gasteiger partial charge is 0.494 e. The molecule has 114 valence electrons. The summed E-state index contributed by atoms with van der Waals surface area (Å²) in [5, 5.41) is 10.8. The van der Waals surface area contributed by atoms with Gasteiger partial charge in [0, 0.05) is 23.3 Å². The molecule has 0 fully saturated rings. The van der Waals surface area contributed by atoms with Crippen LogP contribution in [0.25, 0.3) is 0 Å². The number of nitro benzene ring substituents is 1. The van der Waals surface area contributed by atoms with Crippen LogP contribution in [0.5, 0.6) is 5.75 Å². The number of benzene rings is 2. The maximum absolute atomic E-state index is 12.5. The smallest absolute Gasteiger partial charge is 0.270 e. The van der Waals surface area contributed by atoms with Crippen molar-refractivity contribution in [2.75, 3.05) is 6.61 Å². The summed E-state index contributed by atoms with van der Waals surface area (Å²) in [5.41, 5.74) is 1.33. The minimum absolute atomic E-state index is 0.0625. The van der Waals surface area contributed by atoms with Gasteiger partial charge in [0.1, 0.15) is 5.75 Å². The number of ether oxygens (including phenoxy) is 1. The van der Waals surface area contributed by atoms with Crippen LogP contribution in [0.3, 0.4) is 0 Å². The maximum atomic E-state index is 12.5. The number of carbonyl (C=O) groups is 1. The molecule has 0 aromatic heterocycles. The lowest BCUT2D eigenvalue weighted by atomic mass is 9.98. The molecule has 0 aliphatic carbocycles. The number of ketones is 1. The first-order chi connectivity index (χ1) is 10.4. The van der Waals surface area contributed by atoms with Gasteiger partial charge < -0.3 is 4.74 Å². The SMILES string of the molecule is CCOc1ccc(C(=O)c2ccc([N+](=O)[O-])cc2Cl)c(C)c1. The van der Waals surface area contributed by atoms with Gasteiger partial charge in [0.25, 0.3) is 5.69 Å². The molecule has 0 radical (unpaired) electrons. The summed E-state index contributed by atoms with van der Waals surface area (Å²) in [6.07, 6.45) is 0. The molecule has 2 aromatic rings. The normalized spacial score (nSPS) is 10.3. The van der Waals surface area contributed by atoms with Gasteiger partial charge in [-0.05, 0) is 43.7 Å². The van der Waals surface area contributed by atoms with E-state index in [1.807, 2.05) is 6.92 Å². The van der Waals surface area contributed by atoms with Crippen molar-refractivity contribution in [3.05, 3.63) is 68.2 Å². The predicted octanol–water partition coefficient (Wildman–Crippen LogP) is 4.19. The van der Waals surface area contributed by atoms with Gasteiger partial charge in [-0.2, -0.15) is 0 Å². The Hall–Kier alpha value is -2.40. The van der Waals surface area contributed by atoms with Crippen molar-refractivity contribution >= 4 is 23.1 Å². The molecule has 0 spiro atoms. The summed E-state index contributed by atoms with van der Waals surface area (Å²) in [6, 6.07) is 8.97. The molecule has 5 nitrogen and oxygen atoms in total. The minimum Gasteiger partial charge on any atom is -0.494 e. The minimum atomic E-state index is -0.553. The zero-order valence-electron chi connectivity index (χ0n) is 12.1. The Morgan fingerprint density at radius 3 is 2.45 bits per heavy atom. The summed E-state index contributed by atoms with van der Waals surface area (Å²) in [7, 11) is 0. The van der Waals surface area contributed by atoms with Gasteiger partial charge in [-0.1, -0.05) is 11.6 Å². The van der Waals surface area contributed by atoms with Crippen LogP contribution in [0.1, 0.15) is 28.4 Å². The number of nitro groups is 1. The van der Waals surface area contributed by atoms with Crippen molar-refractivity contribution in [2.24, 2.45) is 0 Å². The summed E-state index contributed by atoms with van der Waals surface area (Å²) < 4.78 is 5.38. The Bertz CT molecular complexity index is 743. The van der Waals surface area contributed by atoms with Crippen LogP contribution in [0.4, 0.5) is 5.69 Å². The number of hydrogen-bond donors (Lipinski definition) is 0. The van der Waals surface area contributed by atoms with Gasteiger partial charge in [0.2, 0.25) is 0 Å². The average molecular weight is 320 g/mol. The summed E-state index contributed by atoms with van der Waals surface area (Å²) in [6.45, 7) is 4.22. The molecule has 0 amide bonds.